The smallest absolute Gasteiger partial charge is 0.165 e. The Hall–Kier alpha value is -2.47. The molecular formula is C25H26FNO3. The van der Waals surface area contributed by atoms with Crippen molar-refractivity contribution in [1.82, 2.24) is 4.90 Å². The number of ether oxygens (including phenoxy) is 2. The Morgan fingerprint density at radius 3 is 2.63 bits per heavy atom. The molecule has 3 aromatic carbocycles. The molecule has 2 aliphatic rings. The van der Waals surface area contributed by atoms with Gasteiger partial charge in [-0.05, 0) is 46.9 Å². The quantitative estimate of drug-likeness (QED) is 0.687. The minimum Gasteiger partial charge on any atom is -0.488 e. The van der Waals surface area contributed by atoms with Crippen LogP contribution >= 0.6 is 0 Å². The van der Waals surface area contributed by atoms with E-state index in [1.165, 1.54) is 28.0 Å². The molecule has 2 heterocycles. The van der Waals surface area contributed by atoms with Crippen molar-refractivity contribution in [3.63, 3.8) is 0 Å². The zero-order chi connectivity index (χ0) is 20.6. The van der Waals surface area contributed by atoms with E-state index in [9.17, 15) is 9.50 Å². The number of benzene rings is 3. The van der Waals surface area contributed by atoms with E-state index in [0.717, 1.165) is 25.9 Å². The maximum Gasteiger partial charge on any atom is 0.165 e. The molecule has 0 aromatic heterocycles. The van der Waals surface area contributed by atoms with Crippen LogP contribution in [0.4, 0.5) is 4.39 Å². The Morgan fingerprint density at radius 1 is 1.03 bits per heavy atom. The average molecular weight is 407 g/mol. The van der Waals surface area contributed by atoms with Gasteiger partial charge in [0.15, 0.2) is 11.6 Å². The summed E-state index contributed by atoms with van der Waals surface area (Å²) in [4.78, 5) is 2.24. The van der Waals surface area contributed by atoms with Crippen LogP contribution in [0, 0.1) is 5.82 Å². The number of rotatable bonds is 5. The van der Waals surface area contributed by atoms with Gasteiger partial charge in [-0.3, -0.25) is 0 Å². The van der Waals surface area contributed by atoms with Gasteiger partial charge in [0, 0.05) is 19.6 Å². The fraction of sp³-hybridized carbons (Fsp3) is 0.360. The van der Waals surface area contributed by atoms with Gasteiger partial charge in [0.1, 0.15) is 12.7 Å². The van der Waals surface area contributed by atoms with Gasteiger partial charge in [0.05, 0.1) is 12.2 Å². The molecule has 1 spiro atoms. The molecule has 1 saturated heterocycles. The molecule has 1 atom stereocenters. The van der Waals surface area contributed by atoms with Crippen molar-refractivity contribution >= 4 is 10.8 Å². The number of hydrogen-bond acceptors (Lipinski definition) is 4. The summed E-state index contributed by atoms with van der Waals surface area (Å²) < 4.78 is 25.5. The number of piperidine rings is 1. The molecule has 5 heteroatoms. The van der Waals surface area contributed by atoms with Crippen molar-refractivity contribution in [3.8, 4) is 5.75 Å². The lowest BCUT2D eigenvalue weighted by molar-refractivity contribution is -0.0835. The van der Waals surface area contributed by atoms with E-state index >= 15 is 0 Å². The second-order valence-electron chi connectivity index (χ2n) is 8.29. The second-order valence-corrected chi connectivity index (χ2v) is 8.29. The van der Waals surface area contributed by atoms with Gasteiger partial charge in [-0.25, -0.2) is 4.39 Å². The predicted molar refractivity (Wildman–Crippen MR) is 114 cm³/mol. The van der Waals surface area contributed by atoms with Crippen molar-refractivity contribution in [3.05, 3.63) is 77.6 Å². The Morgan fingerprint density at radius 2 is 1.80 bits per heavy atom. The van der Waals surface area contributed by atoms with E-state index in [2.05, 4.69) is 41.3 Å². The summed E-state index contributed by atoms with van der Waals surface area (Å²) in [6.45, 7) is 2.95. The van der Waals surface area contributed by atoms with Gasteiger partial charge in [0.2, 0.25) is 0 Å². The van der Waals surface area contributed by atoms with Crippen LogP contribution in [0.3, 0.4) is 0 Å². The number of hydrogen-bond donors (Lipinski definition) is 1. The molecule has 0 saturated carbocycles. The van der Waals surface area contributed by atoms with Crippen LogP contribution < -0.4 is 4.74 Å². The van der Waals surface area contributed by atoms with E-state index in [-0.39, 0.29) is 18.0 Å². The standard InChI is InChI=1S/C25H26FNO3/c26-23-7-3-4-8-24(23)29-16-19(28)15-27-13-11-25(12-14-27)22-10-9-18-5-1-2-6-20(18)21(22)17-30-25/h1-10,19,28H,11-17H2/t19-/m0/s1. The summed E-state index contributed by atoms with van der Waals surface area (Å²) in [6, 6.07) is 19.2. The predicted octanol–water partition coefficient (Wildman–Crippen LogP) is 4.24. The lowest BCUT2D eigenvalue weighted by Gasteiger charge is -2.39. The highest BCUT2D eigenvalue weighted by Crippen LogP contribution is 2.46. The summed E-state index contributed by atoms with van der Waals surface area (Å²) in [7, 11) is 0. The lowest BCUT2D eigenvalue weighted by Crippen LogP contribution is -2.46. The van der Waals surface area contributed by atoms with E-state index in [4.69, 9.17) is 9.47 Å². The Bertz CT molecular complexity index is 1050. The first-order valence-electron chi connectivity index (χ1n) is 10.6. The Kier molecular flexibility index (Phi) is 5.19. The van der Waals surface area contributed by atoms with Gasteiger partial charge in [0.25, 0.3) is 0 Å². The fourth-order valence-corrected chi connectivity index (χ4v) is 4.82. The van der Waals surface area contributed by atoms with Gasteiger partial charge in [-0.1, -0.05) is 48.5 Å². The first kappa shape index (κ1) is 19.5. The molecule has 0 amide bonds. The molecule has 156 valence electrons. The van der Waals surface area contributed by atoms with Crippen molar-refractivity contribution in [2.75, 3.05) is 26.2 Å². The van der Waals surface area contributed by atoms with Crippen LogP contribution in [0.15, 0.2) is 60.7 Å². The summed E-state index contributed by atoms with van der Waals surface area (Å²) >= 11 is 0. The third-order valence-electron chi connectivity index (χ3n) is 6.42. The number of para-hydroxylation sites is 1. The van der Waals surface area contributed by atoms with Gasteiger partial charge in [-0.15, -0.1) is 0 Å². The Balaban J connectivity index is 1.20. The number of aliphatic hydroxyl groups excluding tert-OH is 1. The van der Waals surface area contributed by atoms with Crippen molar-refractivity contribution in [2.24, 2.45) is 0 Å². The molecule has 3 aromatic rings. The molecule has 5 rings (SSSR count). The van der Waals surface area contributed by atoms with Crippen LogP contribution in [0.2, 0.25) is 0 Å². The van der Waals surface area contributed by atoms with Gasteiger partial charge < -0.3 is 19.5 Å². The highest BCUT2D eigenvalue weighted by molar-refractivity contribution is 5.87. The molecule has 4 nitrogen and oxygen atoms in total. The number of nitrogens with zero attached hydrogens (tertiary/aromatic N) is 1. The highest BCUT2D eigenvalue weighted by Gasteiger charge is 2.43. The molecule has 0 unspecified atom stereocenters. The molecule has 0 bridgehead atoms. The number of likely N-dealkylation sites (tertiary alicyclic amines) is 1. The molecule has 1 fully saturated rings. The first-order valence-corrected chi connectivity index (χ1v) is 10.6. The van der Waals surface area contributed by atoms with Crippen LogP contribution in [0.25, 0.3) is 10.8 Å². The van der Waals surface area contributed by atoms with Crippen LogP contribution in [-0.2, 0) is 16.9 Å². The molecule has 0 aliphatic carbocycles. The second kappa shape index (κ2) is 7.99. The van der Waals surface area contributed by atoms with Gasteiger partial charge >= 0.3 is 0 Å². The molecular weight excluding hydrogens is 381 g/mol. The number of halogens is 1. The third kappa shape index (κ3) is 3.58. The van der Waals surface area contributed by atoms with Gasteiger partial charge in [-0.2, -0.15) is 0 Å². The average Bonchev–Trinajstić information content (AvgIpc) is 3.13. The van der Waals surface area contributed by atoms with Crippen LogP contribution in [0.5, 0.6) is 5.75 Å². The minimum atomic E-state index is -0.667. The molecule has 1 N–H and O–H groups in total. The monoisotopic (exact) mass is 407 g/mol. The maximum atomic E-state index is 13.7. The summed E-state index contributed by atoms with van der Waals surface area (Å²) in [5.41, 5.74) is 2.42. The zero-order valence-electron chi connectivity index (χ0n) is 16.9. The largest absolute Gasteiger partial charge is 0.488 e. The van der Waals surface area contributed by atoms with Crippen LogP contribution in [-0.4, -0.2) is 42.4 Å². The van der Waals surface area contributed by atoms with Crippen LogP contribution in [0.1, 0.15) is 24.0 Å². The Labute approximate surface area is 175 Å². The third-order valence-corrected chi connectivity index (χ3v) is 6.42. The minimum absolute atomic E-state index is 0.0773. The van der Waals surface area contributed by atoms with Crippen molar-refractivity contribution in [2.45, 2.75) is 31.2 Å². The summed E-state index contributed by atoms with van der Waals surface area (Å²) in [5.74, 6) is -0.230. The maximum absolute atomic E-state index is 13.7. The highest BCUT2D eigenvalue weighted by atomic mass is 19.1. The normalized spacial score (nSPS) is 19.1. The molecule has 30 heavy (non-hydrogen) atoms. The number of fused-ring (bicyclic) bond motifs is 4. The summed E-state index contributed by atoms with van der Waals surface area (Å²) in [6.07, 6.45) is 1.14. The van der Waals surface area contributed by atoms with E-state index in [1.807, 2.05) is 0 Å². The fourth-order valence-electron chi connectivity index (χ4n) is 4.82. The topological polar surface area (TPSA) is 41.9 Å². The molecule has 0 radical (unpaired) electrons. The van der Waals surface area contributed by atoms with Crippen molar-refractivity contribution in [1.29, 1.82) is 0 Å². The van der Waals surface area contributed by atoms with E-state index in [1.54, 1.807) is 18.2 Å². The van der Waals surface area contributed by atoms with Crippen molar-refractivity contribution < 1.29 is 19.0 Å². The lowest BCUT2D eigenvalue weighted by atomic mass is 9.82. The SMILES string of the molecule is O[C@H](COc1ccccc1F)CN1CCC2(CC1)OCc1c2ccc2ccccc12. The number of aliphatic hydroxyl groups is 1. The van der Waals surface area contributed by atoms with E-state index < -0.39 is 11.9 Å². The number of β-amino-alcohol motifs (C(OH)–C–C–N with tert-alkyl or cyclic N) is 1. The van der Waals surface area contributed by atoms with E-state index in [0.29, 0.717) is 13.2 Å². The summed E-state index contributed by atoms with van der Waals surface area (Å²) in [5, 5.41) is 12.9. The molecule has 2 aliphatic heterocycles. The first-order chi connectivity index (χ1) is 14.6. The zero-order valence-corrected chi connectivity index (χ0v) is 16.9.